The van der Waals surface area contributed by atoms with Gasteiger partial charge >= 0.3 is 0 Å². The van der Waals surface area contributed by atoms with Gasteiger partial charge in [-0.1, -0.05) is 71.1 Å². The molecule has 0 aliphatic rings. The van der Waals surface area contributed by atoms with Crippen LogP contribution >= 0.6 is 0 Å². The average molecular weight is 238 g/mol. The van der Waals surface area contributed by atoms with Gasteiger partial charge in [0.15, 0.2) is 0 Å². The quantitative estimate of drug-likeness (QED) is 0.358. The summed E-state index contributed by atoms with van der Waals surface area (Å²) in [6.45, 7) is 3.55. The molecule has 2 heteroatoms. The zero-order valence-corrected chi connectivity index (χ0v) is 12.5. The number of hydrogen-bond donors (Lipinski definition) is 0. The van der Waals surface area contributed by atoms with Crippen molar-refractivity contribution in [3.05, 3.63) is 0 Å². The van der Waals surface area contributed by atoms with E-state index >= 15 is 0 Å². The molecule has 0 unspecified atom stereocenters. The Kier molecular flexibility index (Phi) is 18.3. The molecule has 0 aromatic rings. The third-order valence-corrected chi connectivity index (χ3v) is 3.21. The summed E-state index contributed by atoms with van der Waals surface area (Å²) in [5.41, 5.74) is 0. The van der Waals surface area contributed by atoms with Crippen LogP contribution < -0.4 is 0 Å². The molecule has 0 aromatic heterocycles. The Labute approximate surface area is 112 Å². The normalized spacial score (nSPS) is 10.6. The second-order valence-electron chi connectivity index (χ2n) is 5.34. The van der Waals surface area contributed by atoms with Crippen LogP contribution in [0.25, 0.3) is 0 Å². The van der Waals surface area contributed by atoms with Crippen molar-refractivity contribution >= 4 is 8.41 Å². The largest absolute Gasteiger partial charge is 0.309 e. The van der Waals surface area contributed by atoms with Gasteiger partial charge in [-0.3, -0.25) is 0 Å². The van der Waals surface area contributed by atoms with E-state index in [0.717, 1.165) is 0 Å². The minimum absolute atomic E-state index is 0. The van der Waals surface area contributed by atoms with Gasteiger partial charge in [0, 0.05) is 8.41 Å². The zero-order valence-electron chi connectivity index (χ0n) is 12.5. The van der Waals surface area contributed by atoms with Crippen LogP contribution in [0.2, 0.25) is 0 Å². The third kappa shape index (κ3) is 18.6. The third-order valence-electron chi connectivity index (χ3n) is 3.21. The zero-order chi connectivity index (χ0) is 12.1. The first-order valence-corrected chi connectivity index (χ1v) is 7.42. The summed E-state index contributed by atoms with van der Waals surface area (Å²) in [6.07, 6.45) is 15.8. The average Bonchev–Trinajstić information content (AvgIpc) is 2.25. The van der Waals surface area contributed by atoms with Crippen molar-refractivity contribution in [2.75, 3.05) is 20.6 Å². The fourth-order valence-corrected chi connectivity index (χ4v) is 2.09. The molecule has 0 saturated carbocycles. The molecule has 0 fully saturated rings. The maximum Gasteiger partial charge on any atom is 0 e. The smallest absolute Gasteiger partial charge is 0 e. The van der Waals surface area contributed by atoms with Crippen molar-refractivity contribution in [1.82, 2.24) is 4.90 Å². The van der Waals surface area contributed by atoms with E-state index in [0.29, 0.717) is 0 Å². The number of rotatable bonds is 12. The second-order valence-corrected chi connectivity index (χ2v) is 5.34. The lowest BCUT2D eigenvalue weighted by Crippen LogP contribution is -2.12. The highest BCUT2D eigenvalue weighted by Gasteiger charge is 1.93. The molecule has 0 rings (SSSR count). The lowest BCUT2D eigenvalue weighted by molar-refractivity contribution is 0.389. The molecule has 0 heterocycles. The van der Waals surface area contributed by atoms with Crippen molar-refractivity contribution in [2.24, 2.45) is 0 Å². The molecule has 17 heavy (non-hydrogen) atoms. The van der Waals surface area contributed by atoms with Crippen LogP contribution in [0.5, 0.6) is 0 Å². The molecule has 0 atom stereocenters. The minimum atomic E-state index is 0. The number of hydrogen-bond acceptors (Lipinski definition) is 1. The molecule has 0 spiro atoms. The fourth-order valence-electron chi connectivity index (χ4n) is 2.09. The van der Waals surface area contributed by atoms with Crippen molar-refractivity contribution in [1.29, 1.82) is 0 Å². The van der Waals surface area contributed by atoms with Crippen LogP contribution in [0.1, 0.15) is 77.6 Å². The van der Waals surface area contributed by atoms with Gasteiger partial charge in [-0.05, 0) is 27.1 Å². The Morgan fingerprint density at radius 1 is 0.588 bits per heavy atom. The van der Waals surface area contributed by atoms with Crippen molar-refractivity contribution in [2.45, 2.75) is 77.6 Å². The predicted octanol–water partition coefficient (Wildman–Crippen LogP) is 4.48. The molecule has 0 aliphatic carbocycles. The first-order valence-electron chi connectivity index (χ1n) is 7.42. The Hall–Kier alpha value is 0.0249. The van der Waals surface area contributed by atoms with Gasteiger partial charge < -0.3 is 4.90 Å². The summed E-state index contributed by atoms with van der Waals surface area (Å²) < 4.78 is 0. The van der Waals surface area contributed by atoms with E-state index in [1.165, 1.54) is 77.2 Å². The second kappa shape index (κ2) is 16.0. The van der Waals surface area contributed by atoms with Crippen LogP contribution in [-0.4, -0.2) is 34.0 Å². The molecule has 0 N–H and O–H groups in total. The van der Waals surface area contributed by atoms with E-state index in [-0.39, 0.29) is 8.41 Å². The van der Waals surface area contributed by atoms with Gasteiger partial charge in [0.2, 0.25) is 0 Å². The van der Waals surface area contributed by atoms with Crippen LogP contribution in [0.3, 0.4) is 0 Å². The fraction of sp³-hybridized carbons (Fsp3) is 1.00. The van der Waals surface area contributed by atoms with Gasteiger partial charge in [0.25, 0.3) is 0 Å². The summed E-state index contributed by atoms with van der Waals surface area (Å²) in [4.78, 5) is 2.29. The minimum Gasteiger partial charge on any atom is -0.309 e. The van der Waals surface area contributed by atoms with E-state index in [2.05, 4.69) is 25.9 Å². The van der Waals surface area contributed by atoms with Crippen LogP contribution in [-0.2, 0) is 0 Å². The molecular formula is C15H33BN. The van der Waals surface area contributed by atoms with Gasteiger partial charge in [0.05, 0.1) is 0 Å². The van der Waals surface area contributed by atoms with Gasteiger partial charge in [-0.25, -0.2) is 0 Å². The molecule has 0 bridgehead atoms. The Balaban J connectivity index is 0. The first kappa shape index (κ1) is 19.4. The van der Waals surface area contributed by atoms with E-state index < -0.39 is 0 Å². The summed E-state index contributed by atoms with van der Waals surface area (Å²) in [5, 5.41) is 0. The highest BCUT2D eigenvalue weighted by Crippen LogP contribution is 2.11. The van der Waals surface area contributed by atoms with E-state index in [9.17, 15) is 0 Å². The summed E-state index contributed by atoms with van der Waals surface area (Å²) in [7, 11) is 4.33. The molecule has 101 valence electrons. The predicted molar refractivity (Wildman–Crippen MR) is 80.8 cm³/mol. The van der Waals surface area contributed by atoms with E-state index in [4.69, 9.17) is 0 Å². The lowest BCUT2D eigenvalue weighted by atomic mass is 10.1. The first-order chi connectivity index (χ1) is 7.77. The molecular weight excluding hydrogens is 205 g/mol. The van der Waals surface area contributed by atoms with Crippen LogP contribution in [0.4, 0.5) is 0 Å². The van der Waals surface area contributed by atoms with Crippen LogP contribution in [0, 0.1) is 0 Å². The molecule has 0 amide bonds. The SMILES string of the molecule is CCCCCCCCCCCCCN(C)C.[B]. The topological polar surface area (TPSA) is 3.24 Å². The van der Waals surface area contributed by atoms with Crippen molar-refractivity contribution in [3.8, 4) is 0 Å². The highest BCUT2D eigenvalue weighted by molar-refractivity contribution is 5.75. The van der Waals surface area contributed by atoms with Crippen LogP contribution in [0.15, 0.2) is 0 Å². The maximum atomic E-state index is 2.29. The molecule has 3 radical (unpaired) electrons. The lowest BCUT2D eigenvalue weighted by Gasteiger charge is -2.08. The Bertz CT molecular complexity index is 126. The Morgan fingerprint density at radius 3 is 1.29 bits per heavy atom. The molecule has 0 aromatic carbocycles. The monoisotopic (exact) mass is 238 g/mol. The molecule has 1 nitrogen and oxygen atoms in total. The van der Waals surface area contributed by atoms with Gasteiger partial charge in [-0.2, -0.15) is 0 Å². The van der Waals surface area contributed by atoms with Gasteiger partial charge in [0.1, 0.15) is 0 Å². The van der Waals surface area contributed by atoms with E-state index in [1.807, 2.05) is 0 Å². The maximum absolute atomic E-state index is 2.29. The van der Waals surface area contributed by atoms with Crippen molar-refractivity contribution < 1.29 is 0 Å². The number of unbranched alkanes of at least 4 members (excludes halogenated alkanes) is 10. The summed E-state index contributed by atoms with van der Waals surface area (Å²) in [5.74, 6) is 0. The molecule has 0 aliphatic heterocycles. The highest BCUT2D eigenvalue weighted by atomic mass is 15.0. The van der Waals surface area contributed by atoms with E-state index in [1.54, 1.807) is 0 Å². The van der Waals surface area contributed by atoms with Crippen molar-refractivity contribution in [3.63, 3.8) is 0 Å². The number of nitrogens with zero attached hydrogens (tertiary/aromatic N) is 1. The molecule has 0 saturated heterocycles. The van der Waals surface area contributed by atoms with Gasteiger partial charge in [-0.15, -0.1) is 0 Å². The standard InChI is InChI=1S/C15H33N.B/c1-4-5-6-7-8-9-10-11-12-13-14-15-16(2)3;/h4-15H2,1-3H3;. The summed E-state index contributed by atoms with van der Waals surface area (Å²) in [6, 6.07) is 0. The summed E-state index contributed by atoms with van der Waals surface area (Å²) >= 11 is 0. The Morgan fingerprint density at radius 2 is 0.941 bits per heavy atom.